The number of nitrogens with one attached hydrogen (secondary N) is 1. The summed E-state index contributed by atoms with van der Waals surface area (Å²) in [5, 5.41) is 0. The molecular weight excluding hydrogens is 456 g/mol. The van der Waals surface area contributed by atoms with E-state index in [1.54, 1.807) is 37.4 Å². The molecule has 0 aliphatic rings. The molecule has 0 saturated heterocycles. The molecule has 2 aromatic heterocycles. The molecule has 0 amide bonds. The minimum atomic E-state index is -3.82. The highest BCUT2D eigenvalue weighted by atomic mass is 79.9. The van der Waals surface area contributed by atoms with Crippen LogP contribution in [0.1, 0.15) is 6.92 Å². The van der Waals surface area contributed by atoms with Crippen molar-refractivity contribution in [2.75, 3.05) is 11.3 Å². The van der Waals surface area contributed by atoms with E-state index in [-0.39, 0.29) is 4.90 Å². The van der Waals surface area contributed by atoms with Gasteiger partial charge in [-0.2, -0.15) is 0 Å². The van der Waals surface area contributed by atoms with Crippen molar-refractivity contribution in [3.63, 3.8) is 0 Å². The Morgan fingerprint density at radius 1 is 1.17 bits per heavy atom. The third-order valence-corrected chi connectivity index (χ3v) is 6.06. The van der Waals surface area contributed by atoms with Crippen LogP contribution in [0.4, 0.5) is 5.69 Å². The van der Waals surface area contributed by atoms with Gasteiger partial charge in [-0.15, -0.1) is 0 Å². The summed E-state index contributed by atoms with van der Waals surface area (Å²) in [4.78, 5) is 8.74. The van der Waals surface area contributed by atoms with Crippen LogP contribution in [-0.4, -0.2) is 29.4 Å². The first-order valence-corrected chi connectivity index (χ1v) is 11.1. The molecule has 29 heavy (non-hydrogen) atoms. The van der Waals surface area contributed by atoms with Gasteiger partial charge in [-0.1, -0.05) is 28.1 Å². The van der Waals surface area contributed by atoms with Crippen molar-refractivity contribution in [2.45, 2.75) is 11.8 Å². The van der Waals surface area contributed by atoms with Crippen molar-refractivity contribution in [1.82, 2.24) is 14.4 Å². The first kappa shape index (κ1) is 19.4. The molecule has 0 bridgehead atoms. The summed E-state index contributed by atoms with van der Waals surface area (Å²) in [6.45, 7) is 2.17. The molecule has 0 saturated carbocycles. The quantitative estimate of drug-likeness (QED) is 0.450. The van der Waals surface area contributed by atoms with E-state index in [0.29, 0.717) is 28.3 Å². The lowest BCUT2D eigenvalue weighted by Crippen LogP contribution is -2.14. The predicted molar refractivity (Wildman–Crippen MR) is 115 cm³/mol. The Labute approximate surface area is 176 Å². The third-order valence-electron chi connectivity index (χ3n) is 4.16. The molecule has 0 spiro atoms. The summed E-state index contributed by atoms with van der Waals surface area (Å²) < 4.78 is 36.3. The van der Waals surface area contributed by atoms with Gasteiger partial charge in [0, 0.05) is 34.3 Å². The van der Waals surface area contributed by atoms with Crippen LogP contribution in [0.25, 0.3) is 17.0 Å². The number of halogens is 1. The number of sulfonamides is 1. The van der Waals surface area contributed by atoms with Gasteiger partial charge < -0.3 is 4.74 Å². The van der Waals surface area contributed by atoms with Gasteiger partial charge in [0.05, 0.1) is 12.3 Å². The fraction of sp³-hybridized carbons (Fsp3) is 0.100. The number of aromatic nitrogens is 3. The molecule has 7 nitrogen and oxygen atoms in total. The van der Waals surface area contributed by atoms with Gasteiger partial charge in [0.15, 0.2) is 0 Å². The topological polar surface area (TPSA) is 85.6 Å². The van der Waals surface area contributed by atoms with Gasteiger partial charge in [-0.25, -0.2) is 18.4 Å². The van der Waals surface area contributed by atoms with Gasteiger partial charge in [0.1, 0.15) is 10.6 Å². The largest absolute Gasteiger partial charge is 0.492 e. The van der Waals surface area contributed by atoms with E-state index < -0.39 is 10.0 Å². The Hall–Kier alpha value is -2.91. The van der Waals surface area contributed by atoms with Crippen LogP contribution in [0.3, 0.4) is 0 Å². The predicted octanol–water partition coefficient (Wildman–Crippen LogP) is 4.36. The molecular formula is C20H17BrN4O3S. The van der Waals surface area contributed by atoms with Crippen LogP contribution < -0.4 is 9.46 Å². The van der Waals surface area contributed by atoms with Crippen LogP contribution in [-0.2, 0) is 10.0 Å². The molecule has 0 unspecified atom stereocenters. The molecule has 4 rings (SSSR count). The van der Waals surface area contributed by atoms with Crippen molar-refractivity contribution in [3.8, 4) is 17.0 Å². The maximum Gasteiger partial charge on any atom is 0.265 e. The van der Waals surface area contributed by atoms with Crippen molar-refractivity contribution in [1.29, 1.82) is 0 Å². The summed E-state index contributed by atoms with van der Waals surface area (Å²) in [7, 11) is -3.82. The number of fused-ring (bicyclic) bond motifs is 1. The second-order valence-electron chi connectivity index (χ2n) is 6.16. The summed E-state index contributed by atoms with van der Waals surface area (Å²) in [6.07, 6.45) is 5.43. The number of imidazole rings is 1. The summed E-state index contributed by atoms with van der Waals surface area (Å²) in [5.74, 6) is 0.905. The molecule has 0 fully saturated rings. The monoisotopic (exact) mass is 472 g/mol. The number of hydrogen-bond donors (Lipinski definition) is 1. The molecule has 2 heterocycles. The van der Waals surface area contributed by atoms with Crippen LogP contribution in [0.5, 0.6) is 5.75 Å². The Bertz CT molecular complexity index is 1240. The van der Waals surface area contributed by atoms with E-state index in [0.717, 1.165) is 11.3 Å². The van der Waals surface area contributed by atoms with Gasteiger partial charge in [0.2, 0.25) is 5.78 Å². The van der Waals surface area contributed by atoms with Gasteiger partial charge in [0.25, 0.3) is 10.0 Å². The maximum absolute atomic E-state index is 12.9. The molecule has 0 atom stereocenters. The average molecular weight is 473 g/mol. The van der Waals surface area contributed by atoms with E-state index >= 15 is 0 Å². The smallest absolute Gasteiger partial charge is 0.265 e. The SMILES string of the molecule is CCOc1ccc(Br)cc1S(=O)(=O)Nc1ccc(-c2cn3cccnc3n2)cc1. The summed E-state index contributed by atoms with van der Waals surface area (Å²) in [6, 6.07) is 13.7. The average Bonchev–Trinajstić information content (AvgIpc) is 3.14. The summed E-state index contributed by atoms with van der Waals surface area (Å²) >= 11 is 3.31. The van der Waals surface area contributed by atoms with E-state index in [1.165, 1.54) is 6.07 Å². The van der Waals surface area contributed by atoms with E-state index in [2.05, 4.69) is 30.6 Å². The second-order valence-corrected chi connectivity index (χ2v) is 8.73. The van der Waals surface area contributed by atoms with E-state index in [1.807, 2.05) is 35.0 Å². The zero-order valence-corrected chi connectivity index (χ0v) is 17.8. The van der Waals surface area contributed by atoms with Gasteiger partial charge in [-0.3, -0.25) is 9.12 Å². The van der Waals surface area contributed by atoms with Crippen LogP contribution >= 0.6 is 15.9 Å². The zero-order chi connectivity index (χ0) is 20.4. The van der Waals surface area contributed by atoms with Crippen LogP contribution in [0.15, 0.2) is 76.5 Å². The second kappa shape index (κ2) is 7.84. The lowest BCUT2D eigenvalue weighted by Gasteiger charge is -2.13. The molecule has 4 aromatic rings. The number of hydrogen-bond acceptors (Lipinski definition) is 5. The normalized spacial score (nSPS) is 11.5. The minimum Gasteiger partial charge on any atom is -0.492 e. The highest BCUT2D eigenvalue weighted by Crippen LogP contribution is 2.30. The molecule has 0 radical (unpaired) electrons. The minimum absolute atomic E-state index is 0.0734. The van der Waals surface area contributed by atoms with Crippen molar-refractivity contribution in [3.05, 3.63) is 71.6 Å². The molecule has 2 aromatic carbocycles. The maximum atomic E-state index is 12.9. The fourth-order valence-electron chi connectivity index (χ4n) is 2.85. The van der Waals surface area contributed by atoms with Crippen molar-refractivity contribution < 1.29 is 13.2 Å². The number of ether oxygens (including phenoxy) is 1. The van der Waals surface area contributed by atoms with E-state index in [9.17, 15) is 8.42 Å². The van der Waals surface area contributed by atoms with E-state index in [4.69, 9.17) is 4.74 Å². The lowest BCUT2D eigenvalue weighted by atomic mass is 10.1. The highest BCUT2D eigenvalue weighted by molar-refractivity contribution is 9.10. The first-order chi connectivity index (χ1) is 14.0. The molecule has 0 aliphatic heterocycles. The standard InChI is InChI=1S/C20H17BrN4O3S/c1-2-28-18-9-6-15(21)12-19(18)29(26,27)24-16-7-4-14(5-8-16)17-13-25-11-3-10-22-20(25)23-17/h3-13,24H,2H2,1H3. The molecule has 148 valence electrons. The highest BCUT2D eigenvalue weighted by Gasteiger charge is 2.20. The third kappa shape index (κ3) is 4.10. The number of anilines is 1. The van der Waals surface area contributed by atoms with Crippen molar-refractivity contribution in [2.24, 2.45) is 0 Å². The van der Waals surface area contributed by atoms with Crippen molar-refractivity contribution >= 4 is 37.4 Å². The lowest BCUT2D eigenvalue weighted by molar-refractivity contribution is 0.331. The first-order valence-electron chi connectivity index (χ1n) is 8.81. The number of nitrogens with zero attached hydrogens (tertiary/aromatic N) is 3. The fourth-order valence-corrected chi connectivity index (χ4v) is 4.60. The Morgan fingerprint density at radius 2 is 1.97 bits per heavy atom. The Balaban J connectivity index is 1.61. The van der Waals surface area contributed by atoms with Gasteiger partial charge >= 0.3 is 0 Å². The molecule has 1 N–H and O–H groups in total. The van der Waals surface area contributed by atoms with Crippen LogP contribution in [0.2, 0.25) is 0 Å². The zero-order valence-electron chi connectivity index (χ0n) is 15.4. The molecule has 0 aliphatic carbocycles. The van der Waals surface area contributed by atoms with Gasteiger partial charge in [-0.05, 0) is 43.3 Å². The number of rotatable bonds is 6. The number of benzene rings is 2. The Kier molecular flexibility index (Phi) is 5.25. The van der Waals surface area contributed by atoms with Crippen LogP contribution in [0, 0.1) is 0 Å². The molecule has 9 heteroatoms. The Morgan fingerprint density at radius 3 is 2.69 bits per heavy atom. The summed E-state index contributed by atoms with van der Waals surface area (Å²) in [5.41, 5.74) is 2.05.